The van der Waals surface area contributed by atoms with Crippen molar-refractivity contribution in [3.05, 3.63) is 34.9 Å². The van der Waals surface area contributed by atoms with Crippen LogP contribution in [0.2, 0.25) is 0 Å². The molecule has 4 nitrogen and oxygen atoms in total. The Bertz CT molecular complexity index is 823. The van der Waals surface area contributed by atoms with Crippen molar-refractivity contribution in [2.24, 2.45) is 11.3 Å². The third-order valence-corrected chi connectivity index (χ3v) is 8.79. The van der Waals surface area contributed by atoms with E-state index in [9.17, 15) is 9.59 Å². The topological polar surface area (TPSA) is 40.6 Å². The Morgan fingerprint density at radius 1 is 1.10 bits per heavy atom. The van der Waals surface area contributed by atoms with Gasteiger partial charge in [-0.25, -0.2) is 0 Å². The van der Waals surface area contributed by atoms with Crippen LogP contribution in [-0.2, 0) is 9.59 Å². The van der Waals surface area contributed by atoms with Crippen LogP contribution in [0, 0.1) is 25.2 Å². The van der Waals surface area contributed by atoms with Crippen molar-refractivity contribution < 1.29 is 9.59 Å². The van der Waals surface area contributed by atoms with E-state index in [1.807, 2.05) is 18.9 Å². The van der Waals surface area contributed by atoms with Gasteiger partial charge in [0.2, 0.25) is 11.8 Å². The molecule has 4 rings (SSSR count). The number of likely N-dealkylation sites (tertiary alicyclic amines) is 1. The van der Waals surface area contributed by atoms with Gasteiger partial charge in [0.05, 0.1) is 0 Å². The van der Waals surface area contributed by atoms with Crippen molar-refractivity contribution in [3.8, 4) is 0 Å². The fraction of sp³-hybridized carbons (Fsp3) is 0.692. The van der Waals surface area contributed by atoms with E-state index in [-0.39, 0.29) is 17.4 Å². The third-order valence-electron chi connectivity index (χ3n) is 8.79. The van der Waals surface area contributed by atoms with Crippen molar-refractivity contribution in [2.75, 3.05) is 20.1 Å². The van der Waals surface area contributed by atoms with Gasteiger partial charge >= 0.3 is 0 Å². The first-order valence-electron chi connectivity index (χ1n) is 11.8. The maximum atomic E-state index is 13.0. The summed E-state index contributed by atoms with van der Waals surface area (Å²) in [5.74, 6) is 1.29. The SMILES string of the molecule is CCC(=O)N(C)[C@]1(C)C[C@H](C(=O)N2CCC3(CC2)CC(c2cccc(C)c2C)C3)C1. The van der Waals surface area contributed by atoms with Crippen LogP contribution < -0.4 is 0 Å². The van der Waals surface area contributed by atoms with Crippen LogP contribution in [0.1, 0.15) is 81.4 Å². The molecule has 2 saturated carbocycles. The second-order valence-electron chi connectivity index (χ2n) is 10.6. The number of benzene rings is 1. The summed E-state index contributed by atoms with van der Waals surface area (Å²) in [4.78, 5) is 29.1. The first kappa shape index (κ1) is 21.4. The van der Waals surface area contributed by atoms with Gasteiger partial charge in [0, 0.05) is 38.0 Å². The van der Waals surface area contributed by atoms with E-state index in [0.717, 1.165) is 38.8 Å². The standard InChI is InChI=1S/C26H38N2O2/c1-6-23(29)27(5)25(4)14-21(15-25)24(30)28-12-10-26(11-13-28)16-20(17-26)22-9-7-8-18(2)19(22)3/h7-9,20-21H,6,10-17H2,1-5H3/t21-,25+. The molecule has 2 aliphatic carbocycles. The quantitative estimate of drug-likeness (QED) is 0.713. The highest BCUT2D eigenvalue weighted by atomic mass is 16.2. The summed E-state index contributed by atoms with van der Waals surface area (Å²) in [7, 11) is 1.89. The van der Waals surface area contributed by atoms with Crippen molar-refractivity contribution in [2.45, 2.75) is 84.1 Å². The molecule has 3 fully saturated rings. The fourth-order valence-corrected chi connectivity index (χ4v) is 6.28. The second-order valence-corrected chi connectivity index (χ2v) is 10.6. The van der Waals surface area contributed by atoms with E-state index in [1.54, 1.807) is 5.56 Å². The Kier molecular flexibility index (Phi) is 5.48. The minimum absolute atomic E-state index is 0.0974. The van der Waals surface area contributed by atoms with E-state index < -0.39 is 0 Å². The molecule has 1 aliphatic heterocycles. The number of rotatable bonds is 4. The maximum Gasteiger partial charge on any atom is 0.225 e. The second kappa shape index (κ2) is 7.69. The highest BCUT2D eigenvalue weighted by Gasteiger charge is 2.51. The first-order chi connectivity index (χ1) is 14.2. The predicted molar refractivity (Wildman–Crippen MR) is 120 cm³/mol. The molecule has 0 aromatic heterocycles. The Balaban J connectivity index is 1.27. The number of piperidine rings is 1. The monoisotopic (exact) mass is 410 g/mol. The average molecular weight is 411 g/mol. The molecule has 0 radical (unpaired) electrons. The van der Waals surface area contributed by atoms with E-state index in [4.69, 9.17) is 0 Å². The third kappa shape index (κ3) is 3.56. The minimum Gasteiger partial charge on any atom is -0.342 e. The minimum atomic E-state index is -0.142. The van der Waals surface area contributed by atoms with Gasteiger partial charge in [-0.15, -0.1) is 0 Å². The smallest absolute Gasteiger partial charge is 0.225 e. The molecular formula is C26H38N2O2. The van der Waals surface area contributed by atoms with Crippen LogP contribution in [0.25, 0.3) is 0 Å². The van der Waals surface area contributed by atoms with Crippen LogP contribution in [0.3, 0.4) is 0 Å². The molecule has 4 heteroatoms. The molecule has 0 atom stereocenters. The predicted octanol–water partition coefficient (Wildman–Crippen LogP) is 4.83. The van der Waals surface area contributed by atoms with Gasteiger partial charge in [-0.05, 0) is 87.3 Å². The number of carbonyl (C=O) groups excluding carboxylic acids is 2. The Morgan fingerprint density at radius 2 is 1.73 bits per heavy atom. The fourth-order valence-electron chi connectivity index (χ4n) is 6.28. The molecule has 2 amide bonds. The van der Waals surface area contributed by atoms with Gasteiger partial charge in [0.25, 0.3) is 0 Å². The van der Waals surface area contributed by atoms with Crippen molar-refractivity contribution >= 4 is 11.8 Å². The van der Waals surface area contributed by atoms with Gasteiger partial charge in [-0.2, -0.15) is 0 Å². The molecule has 30 heavy (non-hydrogen) atoms. The van der Waals surface area contributed by atoms with Gasteiger partial charge < -0.3 is 9.80 Å². The normalized spacial score (nSPS) is 28.0. The summed E-state index contributed by atoms with van der Waals surface area (Å²) < 4.78 is 0. The summed E-state index contributed by atoms with van der Waals surface area (Å²) in [6, 6.07) is 6.72. The number of hydrogen-bond acceptors (Lipinski definition) is 2. The molecule has 0 unspecified atom stereocenters. The first-order valence-corrected chi connectivity index (χ1v) is 11.8. The van der Waals surface area contributed by atoms with Crippen molar-refractivity contribution in [3.63, 3.8) is 0 Å². The largest absolute Gasteiger partial charge is 0.342 e. The number of hydrogen-bond donors (Lipinski definition) is 0. The molecule has 1 saturated heterocycles. The molecule has 164 valence electrons. The lowest BCUT2D eigenvalue weighted by molar-refractivity contribution is -0.154. The van der Waals surface area contributed by atoms with E-state index in [0.29, 0.717) is 23.7 Å². The molecule has 1 spiro atoms. The van der Waals surface area contributed by atoms with Crippen molar-refractivity contribution in [1.82, 2.24) is 9.80 Å². The van der Waals surface area contributed by atoms with Gasteiger partial charge in [-0.1, -0.05) is 25.1 Å². The highest BCUT2D eigenvalue weighted by molar-refractivity contribution is 5.82. The summed E-state index contributed by atoms with van der Waals surface area (Å²) in [6.07, 6.45) is 7.02. The number of amides is 2. The number of nitrogens with zero attached hydrogens (tertiary/aromatic N) is 2. The lowest BCUT2D eigenvalue weighted by Crippen LogP contribution is -2.60. The van der Waals surface area contributed by atoms with Crippen LogP contribution in [-0.4, -0.2) is 47.3 Å². The average Bonchev–Trinajstić information content (AvgIpc) is 2.70. The molecule has 1 aromatic carbocycles. The molecule has 1 aromatic rings. The Morgan fingerprint density at radius 3 is 2.33 bits per heavy atom. The molecule has 0 N–H and O–H groups in total. The highest BCUT2D eigenvalue weighted by Crippen LogP contribution is 2.57. The number of carbonyl (C=O) groups is 2. The lowest BCUT2D eigenvalue weighted by Gasteiger charge is -2.55. The summed E-state index contributed by atoms with van der Waals surface area (Å²) in [5.41, 5.74) is 4.72. The van der Waals surface area contributed by atoms with Crippen LogP contribution >= 0.6 is 0 Å². The van der Waals surface area contributed by atoms with Crippen molar-refractivity contribution in [1.29, 1.82) is 0 Å². The molecule has 1 heterocycles. The van der Waals surface area contributed by atoms with Gasteiger partial charge in [0.1, 0.15) is 0 Å². The van der Waals surface area contributed by atoms with Gasteiger partial charge in [-0.3, -0.25) is 9.59 Å². The zero-order chi connectivity index (χ0) is 21.7. The van der Waals surface area contributed by atoms with Crippen LogP contribution in [0.15, 0.2) is 18.2 Å². The summed E-state index contributed by atoms with van der Waals surface area (Å²) in [5, 5.41) is 0. The number of aryl methyl sites for hydroxylation is 1. The lowest BCUT2D eigenvalue weighted by atomic mass is 9.55. The molecule has 0 bridgehead atoms. The maximum absolute atomic E-state index is 13.0. The zero-order valence-electron chi connectivity index (χ0n) is 19.5. The van der Waals surface area contributed by atoms with Crippen LogP contribution in [0.5, 0.6) is 0 Å². The van der Waals surface area contributed by atoms with E-state index >= 15 is 0 Å². The summed E-state index contributed by atoms with van der Waals surface area (Å²) >= 11 is 0. The zero-order valence-corrected chi connectivity index (χ0v) is 19.5. The molecule has 3 aliphatic rings. The Labute approximate surface area is 182 Å². The Hall–Kier alpha value is -1.84. The molecular weight excluding hydrogens is 372 g/mol. The van der Waals surface area contributed by atoms with Gasteiger partial charge in [0.15, 0.2) is 0 Å². The summed E-state index contributed by atoms with van der Waals surface area (Å²) in [6.45, 7) is 10.3. The van der Waals surface area contributed by atoms with E-state index in [2.05, 4.69) is 43.9 Å². The van der Waals surface area contributed by atoms with Crippen LogP contribution in [0.4, 0.5) is 0 Å². The van der Waals surface area contributed by atoms with E-state index in [1.165, 1.54) is 24.0 Å².